The largest absolute Gasteiger partial charge is 0.334 e. The standard InChI is InChI=1S/C11H21N5O2S/c1-3-15-8-11(14-9(15)2)19(17,18)16-5-4-13-7-10(16)6-12/h8,10,13H,3-7,12H2,1-2H3. The maximum absolute atomic E-state index is 12.6. The summed E-state index contributed by atoms with van der Waals surface area (Å²) in [6, 6.07) is -0.203. The third-order valence-electron chi connectivity index (χ3n) is 3.44. The minimum atomic E-state index is -3.55. The molecule has 8 heteroatoms. The van der Waals surface area contributed by atoms with Gasteiger partial charge in [-0.2, -0.15) is 4.31 Å². The van der Waals surface area contributed by atoms with E-state index in [4.69, 9.17) is 5.73 Å². The molecule has 0 spiro atoms. The smallest absolute Gasteiger partial charge is 0.262 e. The number of rotatable bonds is 4. The van der Waals surface area contributed by atoms with E-state index in [9.17, 15) is 8.42 Å². The predicted molar refractivity (Wildman–Crippen MR) is 72.2 cm³/mol. The Labute approximate surface area is 113 Å². The Balaban J connectivity index is 2.34. The number of piperazine rings is 1. The molecule has 0 radical (unpaired) electrons. The summed E-state index contributed by atoms with van der Waals surface area (Å²) in [6.07, 6.45) is 1.60. The van der Waals surface area contributed by atoms with Gasteiger partial charge in [-0.15, -0.1) is 0 Å². The highest BCUT2D eigenvalue weighted by molar-refractivity contribution is 7.89. The number of nitrogens with two attached hydrogens (primary N) is 1. The van der Waals surface area contributed by atoms with Gasteiger partial charge in [-0.25, -0.2) is 13.4 Å². The molecule has 7 nitrogen and oxygen atoms in total. The molecular weight excluding hydrogens is 266 g/mol. The molecule has 1 fully saturated rings. The van der Waals surface area contributed by atoms with Gasteiger partial charge >= 0.3 is 0 Å². The van der Waals surface area contributed by atoms with Crippen molar-refractivity contribution in [1.82, 2.24) is 19.2 Å². The third kappa shape index (κ3) is 2.66. The first-order chi connectivity index (χ1) is 9.00. The molecule has 108 valence electrons. The number of imidazole rings is 1. The van der Waals surface area contributed by atoms with E-state index in [2.05, 4.69) is 10.3 Å². The molecule has 0 saturated carbocycles. The molecule has 1 aliphatic heterocycles. The Morgan fingerprint density at radius 1 is 1.58 bits per heavy atom. The molecule has 0 bridgehead atoms. The van der Waals surface area contributed by atoms with Crippen LogP contribution < -0.4 is 11.1 Å². The van der Waals surface area contributed by atoms with Gasteiger partial charge in [0.05, 0.1) is 0 Å². The van der Waals surface area contributed by atoms with Crippen molar-refractivity contribution in [3.05, 3.63) is 12.0 Å². The van der Waals surface area contributed by atoms with Gasteiger partial charge in [0, 0.05) is 45.0 Å². The Hall–Kier alpha value is -0.960. The van der Waals surface area contributed by atoms with Crippen molar-refractivity contribution >= 4 is 10.0 Å². The Morgan fingerprint density at radius 3 is 2.89 bits per heavy atom. The molecule has 2 heterocycles. The number of aryl methyl sites for hydroxylation is 2. The number of hydrogen-bond donors (Lipinski definition) is 2. The molecule has 1 aliphatic rings. The van der Waals surface area contributed by atoms with Crippen molar-refractivity contribution in [3.8, 4) is 0 Å². The van der Waals surface area contributed by atoms with Gasteiger partial charge in [-0.3, -0.25) is 0 Å². The molecule has 19 heavy (non-hydrogen) atoms. The Morgan fingerprint density at radius 2 is 2.32 bits per heavy atom. The van der Waals surface area contributed by atoms with E-state index in [0.717, 1.165) is 0 Å². The zero-order chi connectivity index (χ0) is 14.0. The van der Waals surface area contributed by atoms with E-state index in [-0.39, 0.29) is 11.1 Å². The van der Waals surface area contributed by atoms with Crippen molar-refractivity contribution in [1.29, 1.82) is 0 Å². The van der Waals surface area contributed by atoms with Crippen molar-refractivity contribution in [2.45, 2.75) is 31.5 Å². The summed E-state index contributed by atoms with van der Waals surface area (Å²) in [4.78, 5) is 4.17. The van der Waals surface area contributed by atoms with Crippen molar-refractivity contribution in [2.24, 2.45) is 5.73 Å². The van der Waals surface area contributed by atoms with Gasteiger partial charge in [-0.1, -0.05) is 0 Å². The van der Waals surface area contributed by atoms with Crippen LogP contribution in [0.15, 0.2) is 11.2 Å². The molecule has 2 rings (SSSR count). The van der Waals surface area contributed by atoms with Crippen molar-refractivity contribution in [2.75, 3.05) is 26.2 Å². The van der Waals surface area contributed by atoms with Gasteiger partial charge < -0.3 is 15.6 Å². The Kier molecular flexibility index (Phi) is 4.24. The summed E-state index contributed by atoms with van der Waals surface area (Å²) in [5, 5.41) is 3.27. The summed E-state index contributed by atoms with van der Waals surface area (Å²) in [6.45, 7) is 6.43. The second kappa shape index (κ2) is 5.58. The Bertz CT molecular complexity index is 539. The van der Waals surface area contributed by atoms with Gasteiger partial charge in [0.25, 0.3) is 10.0 Å². The van der Waals surface area contributed by atoms with Gasteiger partial charge in [0.1, 0.15) is 5.82 Å². The molecule has 0 aliphatic carbocycles. The molecular formula is C11H21N5O2S. The fourth-order valence-electron chi connectivity index (χ4n) is 2.30. The lowest BCUT2D eigenvalue weighted by molar-refractivity contribution is 0.272. The van der Waals surface area contributed by atoms with E-state index in [1.54, 1.807) is 13.1 Å². The van der Waals surface area contributed by atoms with Crippen molar-refractivity contribution in [3.63, 3.8) is 0 Å². The molecule has 0 aromatic carbocycles. The average Bonchev–Trinajstić information content (AvgIpc) is 2.80. The number of aromatic nitrogens is 2. The van der Waals surface area contributed by atoms with Crippen LogP contribution in [0.25, 0.3) is 0 Å². The highest BCUT2D eigenvalue weighted by Crippen LogP contribution is 2.18. The van der Waals surface area contributed by atoms with Crippen LogP contribution >= 0.6 is 0 Å². The van der Waals surface area contributed by atoms with Gasteiger partial charge in [0.2, 0.25) is 0 Å². The third-order valence-corrected chi connectivity index (χ3v) is 5.26. The first kappa shape index (κ1) is 14.4. The van der Waals surface area contributed by atoms with Gasteiger partial charge in [0.15, 0.2) is 5.03 Å². The molecule has 0 amide bonds. The number of nitrogens with one attached hydrogen (secondary N) is 1. The predicted octanol–water partition coefficient (Wildman–Crippen LogP) is -0.867. The number of nitrogens with zero attached hydrogens (tertiary/aromatic N) is 3. The highest BCUT2D eigenvalue weighted by Gasteiger charge is 2.34. The highest BCUT2D eigenvalue weighted by atomic mass is 32.2. The lowest BCUT2D eigenvalue weighted by atomic mass is 10.2. The van der Waals surface area contributed by atoms with Crippen LogP contribution in [0.5, 0.6) is 0 Å². The van der Waals surface area contributed by atoms with E-state index in [1.165, 1.54) is 4.31 Å². The van der Waals surface area contributed by atoms with E-state index in [0.29, 0.717) is 38.5 Å². The lowest BCUT2D eigenvalue weighted by Crippen LogP contribution is -2.56. The number of sulfonamides is 1. The van der Waals surface area contributed by atoms with E-state index < -0.39 is 10.0 Å². The van der Waals surface area contributed by atoms with Crippen LogP contribution in [0, 0.1) is 6.92 Å². The fourth-order valence-corrected chi connectivity index (χ4v) is 3.94. The molecule has 1 saturated heterocycles. The maximum Gasteiger partial charge on any atom is 0.262 e. The molecule has 1 atom stereocenters. The zero-order valence-electron chi connectivity index (χ0n) is 11.3. The van der Waals surface area contributed by atoms with Gasteiger partial charge in [-0.05, 0) is 13.8 Å². The summed E-state index contributed by atoms with van der Waals surface area (Å²) in [7, 11) is -3.55. The normalized spacial score (nSPS) is 21.7. The summed E-state index contributed by atoms with van der Waals surface area (Å²) >= 11 is 0. The lowest BCUT2D eigenvalue weighted by Gasteiger charge is -2.33. The fraction of sp³-hybridized carbons (Fsp3) is 0.727. The monoisotopic (exact) mass is 287 g/mol. The second-order valence-electron chi connectivity index (χ2n) is 4.62. The van der Waals surface area contributed by atoms with Crippen molar-refractivity contribution < 1.29 is 8.42 Å². The summed E-state index contributed by atoms with van der Waals surface area (Å²) in [5.41, 5.74) is 5.66. The summed E-state index contributed by atoms with van der Waals surface area (Å²) < 4.78 is 28.5. The van der Waals surface area contributed by atoms with Crippen LogP contribution in [0.3, 0.4) is 0 Å². The first-order valence-electron chi connectivity index (χ1n) is 6.47. The van der Waals surface area contributed by atoms with Crippen LogP contribution in [-0.4, -0.2) is 54.5 Å². The van der Waals surface area contributed by atoms with Crippen LogP contribution in [0.4, 0.5) is 0 Å². The average molecular weight is 287 g/mol. The zero-order valence-corrected chi connectivity index (χ0v) is 12.2. The molecule has 3 N–H and O–H groups in total. The van der Waals surface area contributed by atoms with Crippen LogP contribution in [0.1, 0.15) is 12.7 Å². The first-order valence-corrected chi connectivity index (χ1v) is 7.91. The number of hydrogen-bond acceptors (Lipinski definition) is 5. The molecule has 1 unspecified atom stereocenters. The maximum atomic E-state index is 12.6. The second-order valence-corrected chi connectivity index (χ2v) is 6.46. The summed E-state index contributed by atoms with van der Waals surface area (Å²) in [5.74, 6) is 0.709. The SMILES string of the molecule is CCn1cc(S(=O)(=O)N2CCNCC2CN)nc1C. The molecule has 1 aromatic rings. The van der Waals surface area contributed by atoms with E-state index >= 15 is 0 Å². The quantitative estimate of drug-likeness (QED) is 0.751. The van der Waals surface area contributed by atoms with E-state index in [1.807, 2.05) is 11.5 Å². The minimum absolute atomic E-state index is 0.118. The minimum Gasteiger partial charge on any atom is -0.334 e. The van der Waals surface area contributed by atoms with Crippen LogP contribution in [-0.2, 0) is 16.6 Å². The topological polar surface area (TPSA) is 93.2 Å². The van der Waals surface area contributed by atoms with Crippen LogP contribution in [0.2, 0.25) is 0 Å². The molecule has 1 aromatic heterocycles.